The molecule has 1 aromatic rings. The number of benzene rings is 1. The van der Waals surface area contributed by atoms with E-state index >= 15 is 0 Å². The molecule has 1 aliphatic rings. The first-order chi connectivity index (χ1) is 9.68. The van der Waals surface area contributed by atoms with Gasteiger partial charge in [-0.3, -0.25) is 0 Å². The highest BCUT2D eigenvalue weighted by atomic mass is 19.1. The molecule has 0 N–H and O–H groups in total. The molecule has 1 aromatic carbocycles. The van der Waals surface area contributed by atoms with Crippen LogP contribution in [0.1, 0.15) is 41.0 Å². The Hall–Kier alpha value is -1.14. The first-order valence-electron chi connectivity index (χ1n) is 7.15. The third-order valence-electron chi connectivity index (χ3n) is 4.02. The van der Waals surface area contributed by atoms with E-state index in [0.29, 0.717) is 6.61 Å². The Morgan fingerprint density at radius 2 is 1.62 bits per heavy atom. The Kier molecular flexibility index (Phi) is 4.31. The van der Waals surface area contributed by atoms with Crippen molar-refractivity contribution in [2.45, 2.75) is 52.2 Å². The second kappa shape index (κ2) is 5.57. The molecule has 6 heteroatoms. The van der Waals surface area contributed by atoms with Crippen LogP contribution in [0.15, 0.2) is 12.1 Å². The Labute approximate surface area is 124 Å². The summed E-state index contributed by atoms with van der Waals surface area (Å²) in [5.41, 5.74) is -1.15. The molecule has 1 aliphatic heterocycles. The van der Waals surface area contributed by atoms with Crippen molar-refractivity contribution in [2.24, 2.45) is 0 Å². The molecule has 0 saturated carbocycles. The summed E-state index contributed by atoms with van der Waals surface area (Å²) in [6.07, 6.45) is 0.722. The summed E-state index contributed by atoms with van der Waals surface area (Å²) in [6, 6.07) is 2.13. The van der Waals surface area contributed by atoms with E-state index in [0.717, 1.165) is 18.6 Å². The van der Waals surface area contributed by atoms with E-state index < -0.39 is 30.0 Å². The molecule has 21 heavy (non-hydrogen) atoms. The van der Waals surface area contributed by atoms with Gasteiger partial charge in [-0.2, -0.15) is 0 Å². The molecule has 0 aliphatic carbocycles. The summed E-state index contributed by atoms with van der Waals surface area (Å²) in [4.78, 5) is 0. The molecule has 0 aromatic heterocycles. The van der Waals surface area contributed by atoms with E-state index in [1.165, 1.54) is 0 Å². The van der Waals surface area contributed by atoms with Crippen molar-refractivity contribution >= 4 is 12.6 Å². The normalized spacial score (nSPS) is 19.9. The third-order valence-corrected chi connectivity index (χ3v) is 4.02. The van der Waals surface area contributed by atoms with Gasteiger partial charge in [0.05, 0.1) is 17.8 Å². The highest BCUT2D eigenvalue weighted by Crippen LogP contribution is 2.36. The average molecular weight is 298 g/mol. The van der Waals surface area contributed by atoms with Crippen molar-refractivity contribution in [1.82, 2.24) is 0 Å². The summed E-state index contributed by atoms with van der Waals surface area (Å²) < 4.78 is 44.8. The first kappa shape index (κ1) is 16.2. The predicted molar refractivity (Wildman–Crippen MR) is 77.9 cm³/mol. The lowest BCUT2D eigenvalue weighted by atomic mass is 9.78. The van der Waals surface area contributed by atoms with Crippen LogP contribution in [-0.4, -0.2) is 24.9 Å². The van der Waals surface area contributed by atoms with Gasteiger partial charge in [0.25, 0.3) is 0 Å². The summed E-state index contributed by atoms with van der Waals surface area (Å²) >= 11 is 0. The van der Waals surface area contributed by atoms with Gasteiger partial charge in [0, 0.05) is 11.5 Å². The molecule has 3 nitrogen and oxygen atoms in total. The van der Waals surface area contributed by atoms with Gasteiger partial charge in [0.2, 0.25) is 0 Å². The van der Waals surface area contributed by atoms with Crippen LogP contribution in [0, 0.1) is 11.6 Å². The maximum Gasteiger partial charge on any atom is 0.497 e. The minimum atomic E-state index is -0.926. The van der Waals surface area contributed by atoms with E-state index in [1.807, 2.05) is 34.6 Å². The van der Waals surface area contributed by atoms with Crippen LogP contribution in [0.5, 0.6) is 5.75 Å². The van der Waals surface area contributed by atoms with Crippen molar-refractivity contribution in [1.29, 1.82) is 0 Å². The lowest BCUT2D eigenvalue weighted by Crippen LogP contribution is -2.41. The Balaban J connectivity index is 2.28. The monoisotopic (exact) mass is 298 g/mol. The zero-order valence-electron chi connectivity index (χ0n) is 13.1. The first-order valence-corrected chi connectivity index (χ1v) is 7.15. The highest BCUT2D eigenvalue weighted by Gasteiger charge is 2.52. The van der Waals surface area contributed by atoms with Gasteiger partial charge in [-0.25, -0.2) is 8.78 Å². The average Bonchev–Trinajstić information content (AvgIpc) is 2.59. The fraction of sp³-hybridized carbons (Fsp3) is 0.600. The number of halogens is 2. The minimum absolute atomic E-state index is 0.0509. The molecule has 0 amide bonds. The zero-order valence-corrected chi connectivity index (χ0v) is 13.1. The lowest BCUT2D eigenvalue weighted by molar-refractivity contribution is 0.00578. The topological polar surface area (TPSA) is 27.7 Å². The summed E-state index contributed by atoms with van der Waals surface area (Å²) in [5.74, 6) is -1.30. The fourth-order valence-corrected chi connectivity index (χ4v) is 2.02. The van der Waals surface area contributed by atoms with E-state index in [1.54, 1.807) is 0 Å². The van der Waals surface area contributed by atoms with Crippen molar-refractivity contribution in [3.8, 4) is 5.75 Å². The van der Waals surface area contributed by atoms with Gasteiger partial charge in [0.15, 0.2) is 11.6 Å². The van der Waals surface area contributed by atoms with Crippen LogP contribution in [-0.2, 0) is 9.31 Å². The molecule has 1 saturated heterocycles. The molecule has 0 bridgehead atoms. The van der Waals surface area contributed by atoms with E-state index in [-0.39, 0.29) is 11.2 Å². The van der Waals surface area contributed by atoms with Gasteiger partial charge < -0.3 is 14.0 Å². The molecular formula is C15H21BF2O3. The predicted octanol–water partition coefficient (Wildman–Crippen LogP) is 3.05. The van der Waals surface area contributed by atoms with Crippen molar-refractivity contribution in [3.05, 3.63) is 23.8 Å². The van der Waals surface area contributed by atoms with E-state index in [9.17, 15) is 8.78 Å². The number of rotatable bonds is 4. The quantitative estimate of drug-likeness (QED) is 0.800. The van der Waals surface area contributed by atoms with E-state index in [2.05, 4.69) is 0 Å². The SMILES string of the molecule is CCCOc1cc(F)c(B2OC(C)(C)C(C)(C)O2)cc1F. The molecule has 0 radical (unpaired) electrons. The van der Waals surface area contributed by atoms with Gasteiger partial charge in [-0.1, -0.05) is 6.92 Å². The van der Waals surface area contributed by atoms with Crippen LogP contribution in [0.4, 0.5) is 8.78 Å². The summed E-state index contributed by atoms with van der Waals surface area (Å²) in [6.45, 7) is 9.68. The Bertz CT molecular complexity index is 516. The van der Waals surface area contributed by atoms with Gasteiger partial charge in [0.1, 0.15) is 5.82 Å². The smallest absolute Gasteiger partial charge is 0.490 e. The summed E-state index contributed by atoms with van der Waals surface area (Å²) in [5, 5.41) is 0. The minimum Gasteiger partial charge on any atom is -0.490 e. The second-order valence-corrected chi connectivity index (χ2v) is 6.24. The maximum atomic E-state index is 14.2. The molecule has 2 rings (SSSR count). The fourth-order valence-electron chi connectivity index (χ4n) is 2.02. The largest absolute Gasteiger partial charge is 0.497 e. The molecule has 1 heterocycles. The zero-order chi connectivity index (χ0) is 15.8. The molecule has 0 unspecified atom stereocenters. The van der Waals surface area contributed by atoms with Crippen LogP contribution in [0.2, 0.25) is 0 Å². The summed E-state index contributed by atoms with van der Waals surface area (Å²) in [7, 11) is -0.926. The van der Waals surface area contributed by atoms with Gasteiger partial charge >= 0.3 is 7.12 Å². The molecular weight excluding hydrogens is 277 g/mol. The highest BCUT2D eigenvalue weighted by molar-refractivity contribution is 6.62. The molecule has 0 spiro atoms. The van der Waals surface area contributed by atoms with Gasteiger partial charge in [-0.05, 0) is 40.2 Å². The van der Waals surface area contributed by atoms with Crippen molar-refractivity contribution in [2.75, 3.05) is 6.61 Å². The van der Waals surface area contributed by atoms with Crippen molar-refractivity contribution < 1.29 is 22.8 Å². The van der Waals surface area contributed by atoms with Crippen LogP contribution >= 0.6 is 0 Å². The maximum absolute atomic E-state index is 14.2. The second-order valence-electron chi connectivity index (χ2n) is 6.24. The van der Waals surface area contributed by atoms with Crippen LogP contribution in [0.25, 0.3) is 0 Å². The lowest BCUT2D eigenvalue weighted by Gasteiger charge is -2.32. The molecule has 1 fully saturated rings. The Morgan fingerprint density at radius 3 is 2.14 bits per heavy atom. The number of hydrogen-bond donors (Lipinski definition) is 0. The van der Waals surface area contributed by atoms with Crippen LogP contribution in [0.3, 0.4) is 0 Å². The molecule has 0 atom stereocenters. The van der Waals surface area contributed by atoms with E-state index in [4.69, 9.17) is 14.0 Å². The third kappa shape index (κ3) is 3.06. The Morgan fingerprint density at radius 1 is 1.05 bits per heavy atom. The number of ether oxygens (including phenoxy) is 1. The standard InChI is InChI=1S/C15H21BF2O3/c1-6-7-19-13-9-11(17)10(8-12(13)18)16-20-14(2,3)15(4,5)21-16/h8-9H,6-7H2,1-5H3. The van der Waals surface area contributed by atoms with Gasteiger partial charge in [-0.15, -0.1) is 0 Å². The van der Waals surface area contributed by atoms with Crippen LogP contribution < -0.4 is 10.2 Å². The molecule has 116 valence electrons. The number of hydrogen-bond acceptors (Lipinski definition) is 3. The van der Waals surface area contributed by atoms with Crippen molar-refractivity contribution in [3.63, 3.8) is 0 Å².